The van der Waals surface area contributed by atoms with E-state index in [-0.39, 0.29) is 0 Å². The van der Waals surface area contributed by atoms with Gasteiger partial charge in [0.25, 0.3) is 0 Å². The first-order chi connectivity index (χ1) is 8.25. The lowest BCUT2D eigenvalue weighted by atomic mass is 10.3. The Kier molecular flexibility index (Phi) is 2.70. The molecule has 0 aromatic carbocycles. The normalized spacial score (nSPS) is 15.2. The Hall–Kier alpha value is -1.23. The first-order valence-electron chi connectivity index (χ1n) is 5.75. The molecular weight excluding hydrogens is 280 g/mol. The van der Waals surface area contributed by atoms with Crippen molar-refractivity contribution in [2.45, 2.75) is 26.3 Å². The summed E-state index contributed by atoms with van der Waals surface area (Å²) in [4.78, 5) is 8.37. The van der Waals surface area contributed by atoms with Gasteiger partial charge in [-0.15, -0.1) is 0 Å². The second-order valence-electron chi connectivity index (χ2n) is 4.46. The highest BCUT2D eigenvalue weighted by Crippen LogP contribution is 2.34. The van der Waals surface area contributed by atoms with E-state index in [9.17, 15) is 0 Å². The largest absolute Gasteiger partial charge is 0.268 e. The Bertz CT molecular complexity index is 531. The molecule has 0 saturated heterocycles. The highest BCUT2D eigenvalue weighted by Gasteiger charge is 2.24. The summed E-state index contributed by atoms with van der Waals surface area (Å²) in [6.45, 7) is 3.10. The van der Waals surface area contributed by atoms with Gasteiger partial charge in [-0.05, 0) is 41.6 Å². The van der Waals surface area contributed by atoms with Crippen LogP contribution in [-0.4, -0.2) is 19.7 Å². The summed E-state index contributed by atoms with van der Waals surface area (Å²) >= 11 is 3.60. The van der Waals surface area contributed by atoms with Crippen LogP contribution in [0.5, 0.6) is 0 Å². The van der Waals surface area contributed by atoms with Crippen LogP contribution < -0.4 is 0 Å². The van der Waals surface area contributed by atoms with Crippen molar-refractivity contribution in [3.05, 3.63) is 28.8 Å². The molecule has 0 unspecified atom stereocenters. The fourth-order valence-corrected chi connectivity index (χ4v) is 2.32. The van der Waals surface area contributed by atoms with Crippen LogP contribution in [0.25, 0.3) is 11.4 Å². The molecule has 3 rings (SSSR count). The Balaban J connectivity index is 1.99. The molecule has 0 radical (unpaired) electrons. The Labute approximate surface area is 108 Å². The summed E-state index contributed by atoms with van der Waals surface area (Å²) in [6.07, 6.45) is 7.77. The number of rotatable bonds is 3. The van der Waals surface area contributed by atoms with Crippen molar-refractivity contribution in [2.75, 3.05) is 0 Å². The number of hydrogen-bond acceptors (Lipinski definition) is 3. The average molecular weight is 293 g/mol. The van der Waals surface area contributed by atoms with Crippen LogP contribution in [0.4, 0.5) is 0 Å². The van der Waals surface area contributed by atoms with E-state index >= 15 is 0 Å². The Morgan fingerprint density at radius 1 is 1.41 bits per heavy atom. The third-order valence-electron chi connectivity index (χ3n) is 3.07. The highest BCUT2D eigenvalue weighted by atomic mass is 79.9. The maximum absolute atomic E-state index is 4.63. The maximum Gasteiger partial charge on any atom is 0.127 e. The molecule has 1 aliphatic rings. The van der Waals surface area contributed by atoms with Gasteiger partial charge in [-0.2, -0.15) is 5.10 Å². The third-order valence-corrected chi connectivity index (χ3v) is 4.02. The van der Waals surface area contributed by atoms with Crippen molar-refractivity contribution >= 4 is 15.9 Å². The summed E-state index contributed by atoms with van der Waals surface area (Å²) in [6, 6.07) is 0. The molecule has 4 nitrogen and oxygen atoms in total. The van der Waals surface area contributed by atoms with Gasteiger partial charge in [0.05, 0.1) is 16.4 Å². The van der Waals surface area contributed by atoms with Crippen LogP contribution in [0.1, 0.15) is 18.5 Å². The molecular formula is C12H13BrN4. The van der Waals surface area contributed by atoms with Crippen molar-refractivity contribution < 1.29 is 0 Å². The van der Waals surface area contributed by atoms with Crippen molar-refractivity contribution in [1.82, 2.24) is 19.7 Å². The zero-order valence-electron chi connectivity index (χ0n) is 9.60. The van der Waals surface area contributed by atoms with Crippen molar-refractivity contribution in [3.8, 4) is 11.4 Å². The minimum absolute atomic E-state index is 0.815. The van der Waals surface area contributed by atoms with E-state index in [0.29, 0.717) is 0 Å². The number of aromatic nitrogens is 4. The fraction of sp³-hybridized carbons (Fsp3) is 0.417. The Morgan fingerprint density at radius 2 is 2.24 bits per heavy atom. The van der Waals surface area contributed by atoms with E-state index < -0.39 is 0 Å². The van der Waals surface area contributed by atoms with E-state index in [1.165, 1.54) is 12.8 Å². The molecule has 1 saturated carbocycles. The van der Waals surface area contributed by atoms with Gasteiger partial charge in [-0.1, -0.05) is 0 Å². The van der Waals surface area contributed by atoms with E-state index in [0.717, 1.165) is 34.0 Å². The van der Waals surface area contributed by atoms with Gasteiger partial charge in [0.15, 0.2) is 0 Å². The van der Waals surface area contributed by atoms with Gasteiger partial charge in [-0.3, -0.25) is 14.6 Å². The molecule has 2 heterocycles. The van der Waals surface area contributed by atoms with E-state index in [2.05, 4.69) is 42.6 Å². The monoisotopic (exact) mass is 292 g/mol. The fourth-order valence-electron chi connectivity index (χ4n) is 1.83. The van der Waals surface area contributed by atoms with Crippen LogP contribution in [0.15, 0.2) is 23.1 Å². The predicted molar refractivity (Wildman–Crippen MR) is 68.4 cm³/mol. The zero-order chi connectivity index (χ0) is 11.8. The number of hydrogen-bond donors (Lipinski definition) is 0. The summed E-state index contributed by atoms with van der Waals surface area (Å²) in [7, 11) is 0. The van der Waals surface area contributed by atoms with E-state index in [4.69, 9.17) is 0 Å². The standard InChI is InChI=1S/C12H13BrN4/c1-8-11(13)12(10-6-14-4-5-15-10)16-17(8)7-9-2-3-9/h4-6,9H,2-3,7H2,1H3. The molecule has 0 amide bonds. The summed E-state index contributed by atoms with van der Waals surface area (Å²) in [5.41, 5.74) is 2.87. The lowest BCUT2D eigenvalue weighted by Crippen LogP contribution is -2.03. The highest BCUT2D eigenvalue weighted by molar-refractivity contribution is 9.10. The SMILES string of the molecule is Cc1c(Br)c(-c2cnccn2)nn1CC1CC1. The summed E-state index contributed by atoms with van der Waals surface area (Å²) in [5, 5.41) is 4.63. The molecule has 2 aromatic rings. The molecule has 0 bridgehead atoms. The van der Waals surface area contributed by atoms with Crippen LogP contribution in [0, 0.1) is 12.8 Å². The van der Waals surface area contributed by atoms with Gasteiger partial charge in [0.2, 0.25) is 0 Å². The molecule has 88 valence electrons. The van der Waals surface area contributed by atoms with Crippen LogP contribution in [-0.2, 0) is 6.54 Å². The number of halogens is 1. The zero-order valence-corrected chi connectivity index (χ0v) is 11.2. The second-order valence-corrected chi connectivity index (χ2v) is 5.26. The van der Waals surface area contributed by atoms with Gasteiger partial charge >= 0.3 is 0 Å². The molecule has 0 atom stereocenters. The molecule has 0 aliphatic heterocycles. The molecule has 1 aliphatic carbocycles. The average Bonchev–Trinajstić information content (AvgIpc) is 3.13. The van der Waals surface area contributed by atoms with Crippen LogP contribution >= 0.6 is 15.9 Å². The first kappa shape index (κ1) is 10.9. The van der Waals surface area contributed by atoms with E-state index in [1.54, 1.807) is 18.6 Å². The lowest BCUT2D eigenvalue weighted by Gasteiger charge is -2.01. The number of nitrogens with zero attached hydrogens (tertiary/aromatic N) is 4. The molecule has 17 heavy (non-hydrogen) atoms. The molecule has 0 N–H and O–H groups in total. The first-order valence-corrected chi connectivity index (χ1v) is 6.54. The summed E-state index contributed by atoms with van der Waals surface area (Å²) in [5.74, 6) is 0.815. The van der Waals surface area contributed by atoms with Crippen molar-refractivity contribution in [3.63, 3.8) is 0 Å². The van der Waals surface area contributed by atoms with Crippen LogP contribution in [0.3, 0.4) is 0 Å². The van der Waals surface area contributed by atoms with E-state index in [1.807, 2.05) is 0 Å². The maximum atomic E-state index is 4.63. The third kappa shape index (κ3) is 2.11. The van der Waals surface area contributed by atoms with Crippen LogP contribution in [0.2, 0.25) is 0 Å². The van der Waals surface area contributed by atoms with Gasteiger partial charge in [0.1, 0.15) is 11.4 Å². The molecule has 0 spiro atoms. The van der Waals surface area contributed by atoms with Gasteiger partial charge < -0.3 is 0 Å². The smallest absolute Gasteiger partial charge is 0.127 e. The molecule has 5 heteroatoms. The molecule has 2 aromatic heterocycles. The van der Waals surface area contributed by atoms with Gasteiger partial charge in [-0.25, -0.2) is 0 Å². The minimum atomic E-state index is 0.815. The van der Waals surface area contributed by atoms with Gasteiger partial charge in [0, 0.05) is 18.9 Å². The predicted octanol–water partition coefficient (Wildman–Crippen LogP) is 2.82. The minimum Gasteiger partial charge on any atom is -0.268 e. The van der Waals surface area contributed by atoms with Crippen molar-refractivity contribution in [2.24, 2.45) is 5.92 Å². The Morgan fingerprint density at radius 3 is 2.88 bits per heavy atom. The quantitative estimate of drug-likeness (QED) is 0.874. The summed E-state index contributed by atoms with van der Waals surface area (Å²) < 4.78 is 3.10. The van der Waals surface area contributed by atoms with Crippen molar-refractivity contribution in [1.29, 1.82) is 0 Å². The lowest BCUT2D eigenvalue weighted by molar-refractivity contribution is 0.551. The topological polar surface area (TPSA) is 43.6 Å². The molecule has 1 fully saturated rings. The second kappa shape index (κ2) is 4.22.